The van der Waals surface area contributed by atoms with Crippen LogP contribution in [-0.4, -0.2) is 48.5 Å². The first-order valence-corrected chi connectivity index (χ1v) is 8.31. The van der Waals surface area contributed by atoms with Crippen LogP contribution < -0.4 is 15.5 Å². The molecule has 1 aliphatic heterocycles. The van der Waals surface area contributed by atoms with Crippen molar-refractivity contribution in [1.29, 1.82) is 0 Å². The highest BCUT2D eigenvalue weighted by atomic mass is 19.1. The number of nitrogens with zero attached hydrogens (tertiary/aromatic N) is 4. The van der Waals surface area contributed by atoms with E-state index in [1.165, 1.54) is 18.2 Å². The largest absolute Gasteiger partial charge is 0.365 e. The second-order valence-corrected chi connectivity index (χ2v) is 5.91. The second-order valence-electron chi connectivity index (χ2n) is 5.91. The lowest BCUT2D eigenvalue weighted by molar-refractivity contribution is 0.574. The van der Waals surface area contributed by atoms with E-state index < -0.39 is 11.6 Å². The highest BCUT2D eigenvalue weighted by Crippen LogP contribution is 2.26. The van der Waals surface area contributed by atoms with Crippen LogP contribution in [0.1, 0.15) is 6.42 Å². The van der Waals surface area contributed by atoms with Gasteiger partial charge in [-0.2, -0.15) is 5.10 Å². The van der Waals surface area contributed by atoms with Crippen LogP contribution in [0, 0.1) is 11.6 Å². The molecule has 3 rings (SSSR count). The van der Waals surface area contributed by atoms with Crippen molar-refractivity contribution in [2.45, 2.75) is 19.0 Å². The van der Waals surface area contributed by atoms with Crippen molar-refractivity contribution in [2.24, 2.45) is 4.99 Å². The predicted molar refractivity (Wildman–Crippen MR) is 93.7 cm³/mol. The third kappa shape index (κ3) is 4.26. The zero-order valence-electron chi connectivity index (χ0n) is 14.1. The van der Waals surface area contributed by atoms with E-state index in [4.69, 9.17) is 0 Å². The van der Waals surface area contributed by atoms with Gasteiger partial charge in [-0.25, -0.2) is 8.78 Å². The molecule has 0 radical (unpaired) electrons. The molecule has 2 heterocycles. The lowest BCUT2D eigenvalue weighted by atomic mass is 10.2. The molecule has 1 aromatic carbocycles. The van der Waals surface area contributed by atoms with E-state index in [0.717, 1.165) is 13.0 Å². The fraction of sp³-hybridized carbons (Fsp3) is 0.412. The van der Waals surface area contributed by atoms with Gasteiger partial charge in [0.2, 0.25) is 0 Å². The monoisotopic (exact) mass is 348 g/mol. The minimum absolute atomic E-state index is 0.0495. The van der Waals surface area contributed by atoms with Crippen LogP contribution in [-0.2, 0) is 6.54 Å². The van der Waals surface area contributed by atoms with Crippen LogP contribution >= 0.6 is 0 Å². The minimum atomic E-state index is -0.526. The van der Waals surface area contributed by atoms with Crippen LogP contribution in [0.2, 0.25) is 0 Å². The van der Waals surface area contributed by atoms with Crippen LogP contribution in [0.5, 0.6) is 0 Å². The van der Waals surface area contributed by atoms with E-state index in [1.807, 2.05) is 16.9 Å². The molecule has 2 aromatic rings. The molecule has 1 atom stereocenters. The Labute approximate surface area is 145 Å². The molecule has 25 heavy (non-hydrogen) atoms. The number of aliphatic imine (C=N–C) groups is 1. The first kappa shape index (κ1) is 17.2. The smallest absolute Gasteiger partial charge is 0.191 e. The van der Waals surface area contributed by atoms with Gasteiger partial charge >= 0.3 is 0 Å². The molecule has 1 aromatic heterocycles. The van der Waals surface area contributed by atoms with E-state index in [0.29, 0.717) is 25.6 Å². The van der Waals surface area contributed by atoms with Crippen LogP contribution in [0.4, 0.5) is 14.5 Å². The normalized spacial score (nSPS) is 17.8. The molecule has 134 valence electrons. The summed E-state index contributed by atoms with van der Waals surface area (Å²) in [6.45, 7) is 2.53. The zero-order chi connectivity index (χ0) is 17.6. The molecule has 6 nitrogen and oxygen atoms in total. The van der Waals surface area contributed by atoms with Gasteiger partial charge in [0, 0.05) is 45.1 Å². The SMILES string of the molecule is CN=C(NCCn1cccn1)NC1CCN(c2c(F)cccc2F)C1. The van der Waals surface area contributed by atoms with Gasteiger partial charge in [-0.05, 0) is 24.6 Å². The van der Waals surface area contributed by atoms with Crippen molar-refractivity contribution >= 4 is 11.6 Å². The van der Waals surface area contributed by atoms with Crippen molar-refractivity contribution in [2.75, 3.05) is 31.6 Å². The summed E-state index contributed by atoms with van der Waals surface area (Å²) in [5.41, 5.74) is 0.0495. The topological polar surface area (TPSA) is 57.5 Å². The van der Waals surface area contributed by atoms with E-state index >= 15 is 0 Å². The number of rotatable bonds is 5. The molecule has 1 aliphatic rings. The molecule has 0 bridgehead atoms. The maximum Gasteiger partial charge on any atom is 0.191 e. The fourth-order valence-electron chi connectivity index (χ4n) is 2.98. The van der Waals surface area contributed by atoms with E-state index in [9.17, 15) is 8.78 Å². The van der Waals surface area contributed by atoms with E-state index in [2.05, 4.69) is 20.7 Å². The van der Waals surface area contributed by atoms with Crippen molar-refractivity contribution in [1.82, 2.24) is 20.4 Å². The lowest BCUT2D eigenvalue weighted by Crippen LogP contribution is -2.45. The summed E-state index contributed by atoms with van der Waals surface area (Å²) in [5, 5.41) is 10.7. The lowest BCUT2D eigenvalue weighted by Gasteiger charge is -2.21. The van der Waals surface area contributed by atoms with Crippen LogP contribution in [0.25, 0.3) is 0 Å². The third-order valence-electron chi connectivity index (χ3n) is 4.20. The molecule has 1 fully saturated rings. The summed E-state index contributed by atoms with van der Waals surface area (Å²) in [5.74, 6) is -0.377. The predicted octanol–water partition coefficient (Wildman–Crippen LogP) is 1.61. The Morgan fingerprint density at radius 1 is 1.32 bits per heavy atom. The molecular weight excluding hydrogens is 326 g/mol. The van der Waals surface area contributed by atoms with Crippen molar-refractivity contribution in [3.05, 3.63) is 48.3 Å². The zero-order valence-corrected chi connectivity index (χ0v) is 14.1. The van der Waals surface area contributed by atoms with Gasteiger partial charge in [0.25, 0.3) is 0 Å². The summed E-state index contributed by atoms with van der Waals surface area (Å²) >= 11 is 0. The highest BCUT2D eigenvalue weighted by Gasteiger charge is 2.27. The Balaban J connectivity index is 1.51. The van der Waals surface area contributed by atoms with Crippen molar-refractivity contribution < 1.29 is 8.78 Å². The van der Waals surface area contributed by atoms with Gasteiger partial charge in [-0.1, -0.05) is 6.07 Å². The van der Waals surface area contributed by atoms with Gasteiger partial charge in [-0.3, -0.25) is 9.67 Å². The highest BCUT2D eigenvalue weighted by molar-refractivity contribution is 5.80. The molecule has 0 spiro atoms. The molecule has 0 aliphatic carbocycles. The number of benzene rings is 1. The Hall–Kier alpha value is -2.64. The van der Waals surface area contributed by atoms with Gasteiger partial charge in [0.05, 0.1) is 6.54 Å². The Kier molecular flexibility index (Phi) is 5.47. The fourth-order valence-corrected chi connectivity index (χ4v) is 2.98. The number of halogens is 2. The Bertz CT molecular complexity index is 696. The second kappa shape index (κ2) is 7.96. The van der Waals surface area contributed by atoms with E-state index in [-0.39, 0.29) is 11.7 Å². The molecule has 1 saturated heterocycles. The Morgan fingerprint density at radius 2 is 2.12 bits per heavy atom. The summed E-state index contributed by atoms with van der Waals surface area (Å²) < 4.78 is 29.7. The third-order valence-corrected chi connectivity index (χ3v) is 4.20. The summed E-state index contributed by atoms with van der Waals surface area (Å²) in [6, 6.07) is 5.91. The van der Waals surface area contributed by atoms with Gasteiger partial charge < -0.3 is 15.5 Å². The molecule has 0 amide bonds. The first-order valence-electron chi connectivity index (χ1n) is 8.31. The number of nitrogens with one attached hydrogen (secondary N) is 2. The average Bonchev–Trinajstić information content (AvgIpc) is 3.26. The first-order chi connectivity index (χ1) is 12.2. The van der Waals surface area contributed by atoms with Crippen molar-refractivity contribution in [3.63, 3.8) is 0 Å². The minimum Gasteiger partial charge on any atom is -0.365 e. The van der Waals surface area contributed by atoms with Crippen LogP contribution in [0.3, 0.4) is 0 Å². The molecular formula is C17H22F2N6. The number of anilines is 1. The quantitative estimate of drug-likeness (QED) is 0.637. The van der Waals surface area contributed by atoms with Crippen molar-refractivity contribution in [3.8, 4) is 0 Å². The summed E-state index contributed by atoms with van der Waals surface area (Å²) in [6.07, 6.45) is 4.42. The number of guanidine groups is 1. The van der Waals surface area contributed by atoms with Gasteiger partial charge in [0.15, 0.2) is 5.96 Å². The number of aromatic nitrogens is 2. The summed E-state index contributed by atoms with van der Waals surface area (Å²) in [4.78, 5) is 5.94. The van der Waals surface area contributed by atoms with Gasteiger partial charge in [0.1, 0.15) is 17.3 Å². The maximum absolute atomic E-state index is 13.9. The van der Waals surface area contributed by atoms with E-state index in [1.54, 1.807) is 18.1 Å². The number of hydrogen-bond acceptors (Lipinski definition) is 3. The number of hydrogen-bond donors (Lipinski definition) is 2. The summed E-state index contributed by atoms with van der Waals surface area (Å²) in [7, 11) is 1.70. The van der Waals surface area contributed by atoms with Crippen LogP contribution in [0.15, 0.2) is 41.7 Å². The average molecular weight is 348 g/mol. The molecule has 8 heteroatoms. The maximum atomic E-state index is 13.9. The molecule has 1 unspecified atom stereocenters. The standard InChI is InChI=1S/C17H22F2N6/c1-20-17(21-8-11-25-9-3-7-22-25)23-13-6-10-24(12-13)16-14(18)4-2-5-15(16)19/h2-5,7,9,13H,6,8,10-12H2,1H3,(H2,20,21,23). The Morgan fingerprint density at radius 3 is 2.80 bits per heavy atom. The molecule has 2 N–H and O–H groups in total. The number of para-hydroxylation sites is 1. The van der Waals surface area contributed by atoms with Gasteiger partial charge in [-0.15, -0.1) is 0 Å². The molecule has 0 saturated carbocycles.